The molecular weight excluding hydrogens is 381 g/mol. The molecule has 0 radical (unpaired) electrons. The lowest BCUT2D eigenvalue weighted by atomic mass is 10.1. The van der Waals surface area contributed by atoms with E-state index < -0.39 is 21.6 Å². The van der Waals surface area contributed by atoms with E-state index in [2.05, 4.69) is 10.4 Å². The summed E-state index contributed by atoms with van der Waals surface area (Å²) in [6.45, 7) is 0. The summed E-state index contributed by atoms with van der Waals surface area (Å²) >= 11 is 0. The van der Waals surface area contributed by atoms with Gasteiger partial charge in [-0.2, -0.15) is 5.10 Å². The topological polar surface area (TPSA) is 81.1 Å². The lowest BCUT2D eigenvalue weighted by Crippen LogP contribution is -2.16. The van der Waals surface area contributed by atoms with Crippen LogP contribution < -0.4 is 5.32 Å². The number of anilines is 1. The van der Waals surface area contributed by atoms with Crippen molar-refractivity contribution >= 4 is 21.4 Å². The van der Waals surface area contributed by atoms with Crippen LogP contribution in [-0.4, -0.2) is 35.6 Å². The molecule has 8 heteroatoms. The van der Waals surface area contributed by atoms with E-state index in [1.807, 2.05) is 30.3 Å². The summed E-state index contributed by atoms with van der Waals surface area (Å²) in [5, 5.41) is 7.02. The lowest BCUT2D eigenvalue weighted by molar-refractivity contribution is 0.102. The van der Waals surface area contributed by atoms with Crippen LogP contribution in [0.3, 0.4) is 0 Å². The van der Waals surface area contributed by atoms with Gasteiger partial charge in [-0.05, 0) is 36.2 Å². The zero-order valence-electron chi connectivity index (χ0n) is 14.9. The fourth-order valence-corrected chi connectivity index (χ4v) is 5.03. The van der Waals surface area contributed by atoms with Gasteiger partial charge in [0.2, 0.25) is 0 Å². The first-order valence-corrected chi connectivity index (χ1v) is 10.7. The predicted octanol–water partition coefficient (Wildman–Crippen LogP) is 3.30. The molecule has 2 heterocycles. The zero-order chi connectivity index (χ0) is 19.7. The molecule has 4 rings (SSSR count). The fraction of sp³-hybridized carbons (Fsp3) is 0.200. The molecule has 0 saturated carbocycles. The van der Waals surface area contributed by atoms with Gasteiger partial charge in [-0.1, -0.05) is 36.4 Å². The van der Waals surface area contributed by atoms with Gasteiger partial charge in [0.15, 0.2) is 15.5 Å². The molecule has 28 heavy (non-hydrogen) atoms. The molecule has 6 nitrogen and oxygen atoms in total. The highest BCUT2D eigenvalue weighted by atomic mass is 32.2. The van der Waals surface area contributed by atoms with Crippen molar-refractivity contribution in [2.75, 3.05) is 16.8 Å². The molecular formula is C20H18FN3O3S. The van der Waals surface area contributed by atoms with E-state index in [0.717, 1.165) is 5.56 Å². The van der Waals surface area contributed by atoms with Crippen LogP contribution in [0.2, 0.25) is 0 Å². The zero-order valence-corrected chi connectivity index (χ0v) is 15.7. The van der Waals surface area contributed by atoms with E-state index in [4.69, 9.17) is 0 Å². The Morgan fingerprint density at radius 3 is 2.57 bits per heavy atom. The summed E-state index contributed by atoms with van der Waals surface area (Å²) in [6.07, 6.45) is 0.453. The maximum absolute atomic E-state index is 13.4. The van der Waals surface area contributed by atoms with Crippen molar-refractivity contribution in [2.45, 2.75) is 12.5 Å². The summed E-state index contributed by atoms with van der Waals surface area (Å²) < 4.78 is 38.8. The first kappa shape index (κ1) is 18.4. The van der Waals surface area contributed by atoms with Gasteiger partial charge in [0.05, 0.1) is 23.2 Å². The normalized spacial score (nSPS) is 18.1. The average Bonchev–Trinajstić information content (AvgIpc) is 3.26. The third-order valence-corrected chi connectivity index (χ3v) is 6.43. The summed E-state index contributed by atoms with van der Waals surface area (Å²) in [5.74, 6) is -0.831. The average molecular weight is 399 g/mol. The van der Waals surface area contributed by atoms with Crippen molar-refractivity contribution < 1.29 is 17.6 Å². The van der Waals surface area contributed by atoms with Crippen LogP contribution in [-0.2, 0) is 9.84 Å². The second-order valence-electron chi connectivity index (χ2n) is 6.75. The van der Waals surface area contributed by atoms with E-state index >= 15 is 0 Å². The number of carbonyl (C=O) groups excluding carboxylic acids is 1. The van der Waals surface area contributed by atoms with Gasteiger partial charge in [0, 0.05) is 5.69 Å². The minimum Gasteiger partial charge on any atom is -0.320 e. The smallest absolute Gasteiger partial charge is 0.276 e. The van der Waals surface area contributed by atoms with Crippen LogP contribution in [0.1, 0.15) is 23.0 Å². The molecule has 1 aliphatic rings. The van der Waals surface area contributed by atoms with Gasteiger partial charge in [0.1, 0.15) is 5.82 Å². The van der Waals surface area contributed by atoms with E-state index in [9.17, 15) is 17.6 Å². The van der Waals surface area contributed by atoms with Crippen LogP contribution >= 0.6 is 0 Å². The second-order valence-corrected chi connectivity index (χ2v) is 8.98. The van der Waals surface area contributed by atoms with Crippen molar-refractivity contribution in [1.82, 2.24) is 9.78 Å². The van der Waals surface area contributed by atoms with Gasteiger partial charge in [-0.15, -0.1) is 0 Å². The first-order chi connectivity index (χ1) is 13.4. The summed E-state index contributed by atoms with van der Waals surface area (Å²) in [4.78, 5) is 12.6. The quantitative estimate of drug-likeness (QED) is 0.730. The minimum atomic E-state index is -3.11. The Hall–Kier alpha value is -3.00. The van der Waals surface area contributed by atoms with Crippen molar-refractivity contribution in [3.8, 4) is 11.3 Å². The predicted molar refractivity (Wildman–Crippen MR) is 104 cm³/mol. The number of amides is 1. The van der Waals surface area contributed by atoms with Crippen LogP contribution in [0.15, 0.2) is 60.7 Å². The van der Waals surface area contributed by atoms with Gasteiger partial charge in [-0.3, -0.25) is 9.48 Å². The molecule has 1 fully saturated rings. The molecule has 0 aliphatic carbocycles. The number of carbonyl (C=O) groups is 1. The largest absolute Gasteiger partial charge is 0.320 e. The summed E-state index contributed by atoms with van der Waals surface area (Å²) in [6, 6.07) is 16.3. The van der Waals surface area contributed by atoms with Crippen molar-refractivity contribution in [3.05, 3.63) is 72.2 Å². The van der Waals surface area contributed by atoms with Crippen LogP contribution in [0.4, 0.5) is 10.1 Å². The number of nitrogens with zero attached hydrogens (tertiary/aromatic N) is 2. The fourth-order valence-electron chi connectivity index (χ4n) is 3.34. The molecule has 3 aromatic rings. The van der Waals surface area contributed by atoms with Gasteiger partial charge >= 0.3 is 0 Å². The molecule has 1 aromatic heterocycles. The molecule has 1 amide bonds. The van der Waals surface area contributed by atoms with Crippen LogP contribution in [0.25, 0.3) is 11.3 Å². The highest BCUT2D eigenvalue weighted by molar-refractivity contribution is 7.91. The monoisotopic (exact) mass is 399 g/mol. The maximum atomic E-state index is 13.4. The van der Waals surface area contributed by atoms with Gasteiger partial charge < -0.3 is 5.32 Å². The molecule has 2 aromatic carbocycles. The van der Waals surface area contributed by atoms with Gasteiger partial charge in [0.25, 0.3) is 5.91 Å². The highest BCUT2D eigenvalue weighted by Crippen LogP contribution is 2.30. The van der Waals surface area contributed by atoms with Crippen molar-refractivity contribution in [3.63, 3.8) is 0 Å². The number of hydrogen-bond donors (Lipinski definition) is 1. The van der Waals surface area contributed by atoms with Crippen LogP contribution in [0, 0.1) is 5.82 Å². The molecule has 0 bridgehead atoms. The number of benzene rings is 2. The molecule has 0 spiro atoms. The van der Waals surface area contributed by atoms with Gasteiger partial charge in [-0.25, -0.2) is 12.8 Å². The molecule has 1 aliphatic heterocycles. The molecule has 1 saturated heterocycles. The standard InChI is InChI=1S/C20H18FN3O3S/c21-15-7-4-8-16(11-15)22-20(25)18-12-19(14-5-2-1-3-6-14)24(23-18)17-9-10-28(26,27)13-17/h1-8,11-12,17H,9-10,13H2,(H,22,25)/t17-/m1/s1. The Balaban J connectivity index is 1.70. The molecule has 1 atom stereocenters. The van der Waals surface area contributed by atoms with E-state index in [0.29, 0.717) is 17.8 Å². The number of hydrogen-bond acceptors (Lipinski definition) is 4. The lowest BCUT2D eigenvalue weighted by Gasteiger charge is -2.13. The summed E-state index contributed by atoms with van der Waals surface area (Å²) in [5.41, 5.74) is 1.98. The highest BCUT2D eigenvalue weighted by Gasteiger charge is 2.32. The first-order valence-electron chi connectivity index (χ1n) is 8.84. The Kier molecular flexibility index (Phi) is 4.72. The Bertz CT molecular complexity index is 1130. The van der Waals surface area contributed by atoms with Crippen molar-refractivity contribution in [1.29, 1.82) is 0 Å². The van der Waals surface area contributed by atoms with E-state index in [-0.39, 0.29) is 23.2 Å². The third kappa shape index (κ3) is 3.82. The minimum absolute atomic E-state index is 0.000527. The number of sulfone groups is 1. The Labute approximate surface area is 161 Å². The molecule has 1 N–H and O–H groups in total. The Morgan fingerprint density at radius 1 is 1.11 bits per heavy atom. The van der Waals surface area contributed by atoms with E-state index in [1.54, 1.807) is 16.8 Å². The molecule has 144 valence electrons. The number of nitrogens with one attached hydrogen (secondary N) is 1. The van der Waals surface area contributed by atoms with E-state index in [1.165, 1.54) is 18.2 Å². The Morgan fingerprint density at radius 2 is 1.89 bits per heavy atom. The number of halogens is 1. The number of rotatable bonds is 4. The SMILES string of the molecule is O=C(Nc1cccc(F)c1)c1cc(-c2ccccc2)n([C@@H]2CCS(=O)(=O)C2)n1. The second kappa shape index (κ2) is 7.20. The van der Waals surface area contributed by atoms with Crippen LogP contribution in [0.5, 0.6) is 0 Å². The molecule has 0 unspecified atom stereocenters. The maximum Gasteiger partial charge on any atom is 0.276 e. The van der Waals surface area contributed by atoms with Crippen molar-refractivity contribution in [2.24, 2.45) is 0 Å². The summed E-state index contributed by atoms with van der Waals surface area (Å²) in [7, 11) is -3.11. The number of aromatic nitrogens is 2. The third-order valence-electron chi connectivity index (χ3n) is 4.67.